The van der Waals surface area contributed by atoms with Gasteiger partial charge in [0.25, 0.3) is 5.91 Å². The van der Waals surface area contributed by atoms with Crippen molar-refractivity contribution in [2.75, 3.05) is 39.6 Å². The molecule has 2 aromatic rings. The van der Waals surface area contributed by atoms with Crippen molar-refractivity contribution in [3.63, 3.8) is 0 Å². The van der Waals surface area contributed by atoms with Crippen molar-refractivity contribution in [2.24, 2.45) is 0 Å². The van der Waals surface area contributed by atoms with E-state index in [1.807, 2.05) is 19.1 Å². The normalized spacial score (nSPS) is 17.7. The SMILES string of the molecule is Cc1ccc([C@H](CNC(=O)c2cc(Cl)c3c(c2)OCO3)N2CCOCC2)o1. The summed E-state index contributed by atoms with van der Waals surface area (Å²) < 4.78 is 21.9. The first-order valence-corrected chi connectivity index (χ1v) is 9.25. The van der Waals surface area contributed by atoms with E-state index in [4.69, 9.17) is 30.2 Å². The molecule has 7 nitrogen and oxygen atoms in total. The number of carbonyl (C=O) groups is 1. The third-order valence-corrected chi connectivity index (χ3v) is 5.00. The lowest BCUT2D eigenvalue weighted by Crippen LogP contribution is -2.43. The molecule has 0 saturated carbocycles. The highest BCUT2D eigenvalue weighted by Crippen LogP contribution is 2.39. The van der Waals surface area contributed by atoms with Crippen LogP contribution in [-0.2, 0) is 4.74 Å². The number of morpholine rings is 1. The minimum Gasteiger partial charge on any atom is -0.465 e. The Kier molecular flexibility index (Phi) is 5.24. The van der Waals surface area contributed by atoms with E-state index >= 15 is 0 Å². The molecule has 2 aliphatic rings. The van der Waals surface area contributed by atoms with Gasteiger partial charge < -0.3 is 23.9 Å². The van der Waals surface area contributed by atoms with Gasteiger partial charge in [0.2, 0.25) is 6.79 Å². The first-order valence-electron chi connectivity index (χ1n) is 8.87. The molecule has 0 unspecified atom stereocenters. The van der Waals surface area contributed by atoms with Crippen LogP contribution in [0.5, 0.6) is 11.5 Å². The second-order valence-electron chi connectivity index (χ2n) is 6.51. The smallest absolute Gasteiger partial charge is 0.251 e. The van der Waals surface area contributed by atoms with E-state index < -0.39 is 0 Å². The van der Waals surface area contributed by atoms with E-state index in [0.29, 0.717) is 41.8 Å². The van der Waals surface area contributed by atoms with Crippen LogP contribution in [0.1, 0.15) is 27.9 Å². The maximum atomic E-state index is 12.7. The minimum atomic E-state index is -0.225. The summed E-state index contributed by atoms with van der Waals surface area (Å²) in [6.07, 6.45) is 0. The number of halogens is 1. The fourth-order valence-corrected chi connectivity index (χ4v) is 3.59. The van der Waals surface area contributed by atoms with Crippen LogP contribution >= 0.6 is 11.6 Å². The van der Waals surface area contributed by atoms with Gasteiger partial charge in [-0.05, 0) is 31.2 Å². The molecule has 4 rings (SSSR count). The van der Waals surface area contributed by atoms with Gasteiger partial charge in [0.15, 0.2) is 11.5 Å². The molecule has 1 N–H and O–H groups in total. The van der Waals surface area contributed by atoms with Crippen molar-refractivity contribution >= 4 is 17.5 Å². The molecule has 27 heavy (non-hydrogen) atoms. The number of ether oxygens (including phenoxy) is 3. The number of benzene rings is 1. The molecule has 1 aromatic heterocycles. The number of nitrogens with zero attached hydrogens (tertiary/aromatic N) is 1. The molecule has 2 aliphatic heterocycles. The molecule has 0 spiro atoms. The molecule has 0 bridgehead atoms. The number of hydrogen-bond acceptors (Lipinski definition) is 6. The summed E-state index contributed by atoms with van der Waals surface area (Å²) in [7, 11) is 0. The molecule has 144 valence electrons. The number of hydrogen-bond donors (Lipinski definition) is 1. The lowest BCUT2D eigenvalue weighted by molar-refractivity contribution is 0.0117. The Balaban J connectivity index is 1.48. The van der Waals surface area contributed by atoms with Gasteiger partial charge in [-0.15, -0.1) is 0 Å². The molecule has 1 saturated heterocycles. The summed E-state index contributed by atoms with van der Waals surface area (Å²) in [4.78, 5) is 14.9. The first kappa shape index (κ1) is 18.2. The molecular formula is C19H21ClN2O5. The Hall–Kier alpha value is -2.22. The lowest BCUT2D eigenvalue weighted by atomic mass is 10.1. The molecule has 1 aromatic carbocycles. The Morgan fingerprint density at radius 1 is 1.26 bits per heavy atom. The van der Waals surface area contributed by atoms with E-state index in [0.717, 1.165) is 24.6 Å². The molecule has 8 heteroatoms. The summed E-state index contributed by atoms with van der Waals surface area (Å²) >= 11 is 6.18. The highest BCUT2D eigenvalue weighted by atomic mass is 35.5. The van der Waals surface area contributed by atoms with Crippen molar-refractivity contribution < 1.29 is 23.4 Å². The zero-order valence-corrected chi connectivity index (χ0v) is 15.8. The average Bonchev–Trinajstić information content (AvgIpc) is 3.32. The van der Waals surface area contributed by atoms with E-state index in [9.17, 15) is 4.79 Å². The fourth-order valence-electron chi connectivity index (χ4n) is 3.32. The monoisotopic (exact) mass is 392 g/mol. The third-order valence-electron chi connectivity index (χ3n) is 4.72. The van der Waals surface area contributed by atoms with Gasteiger partial charge >= 0.3 is 0 Å². The van der Waals surface area contributed by atoms with Gasteiger partial charge in [-0.25, -0.2) is 0 Å². The van der Waals surface area contributed by atoms with Crippen molar-refractivity contribution in [2.45, 2.75) is 13.0 Å². The van der Waals surface area contributed by atoms with Gasteiger partial charge in [-0.2, -0.15) is 0 Å². The average molecular weight is 393 g/mol. The topological polar surface area (TPSA) is 73.2 Å². The lowest BCUT2D eigenvalue weighted by Gasteiger charge is -2.33. The van der Waals surface area contributed by atoms with E-state index in [1.165, 1.54) is 0 Å². The minimum absolute atomic E-state index is 0.0592. The Morgan fingerprint density at radius 2 is 2.07 bits per heavy atom. The van der Waals surface area contributed by atoms with Gasteiger partial charge in [0, 0.05) is 25.2 Å². The standard InChI is InChI=1S/C19H21ClN2O5/c1-12-2-3-16(27-12)15(22-4-6-24-7-5-22)10-21-19(23)13-8-14(20)18-17(9-13)25-11-26-18/h2-3,8-9,15H,4-7,10-11H2,1H3,(H,21,23)/t15-/m0/s1. The first-order chi connectivity index (χ1) is 13.1. The summed E-state index contributed by atoms with van der Waals surface area (Å²) in [5, 5.41) is 3.35. The zero-order chi connectivity index (χ0) is 18.8. The van der Waals surface area contributed by atoms with Crippen LogP contribution in [0.2, 0.25) is 5.02 Å². The quantitative estimate of drug-likeness (QED) is 0.843. The number of nitrogens with one attached hydrogen (secondary N) is 1. The van der Waals surface area contributed by atoms with Crippen LogP contribution < -0.4 is 14.8 Å². The van der Waals surface area contributed by atoms with Crippen molar-refractivity contribution in [3.05, 3.63) is 46.4 Å². The van der Waals surface area contributed by atoms with Crippen LogP contribution in [0.3, 0.4) is 0 Å². The number of carbonyl (C=O) groups excluding carboxylic acids is 1. The molecule has 1 atom stereocenters. The predicted molar refractivity (Wildman–Crippen MR) is 98.5 cm³/mol. The van der Waals surface area contributed by atoms with E-state index in [2.05, 4.69) is 10.2 Å². The fraction of sp³-hybridized carbons (Fsp3) is 0.421. The maximum Gasteiger partial charge on any atom is 0.251 e. The van der Waals surface area contributed by atoms with Gasteiger partial charge in [0.1, 0.15) is 11.5 Å². The van der Waals surface area contributed by atoms with Gasteiger partial charge in [-0.3, -0.25) is 9.69 Å². The largest absolute Gasteiger partial charge is 0.465 e. The number of rotatable bonds is 5. The van der Waals surface area contributed by atoms with Crippen LogP contribution in [0.15, 0.2) is 28.7 Å². The van der Waals surface area contributed by atoms with Gasteiger partial charge in [-0.1, -0.05) is 11.6 Å². The Labute approximate surface area is 162 Å². The zero-order valence-electron chi connectivity index (χ0n) is 15.0. The summed E-state index contributed by atoms with van der Waals surface area (Å²) in [5.41, 5.74) is 0.431. The van der Waals surface area contributed by atoms with Crippen molar-refractivity contribution in [1.82, 2.24) is 10.2 Å². The van der Waals surface area contributed by atoms with Gasteiger partial charge in [0.05, 0.1) is 24.3 Å². The summed E-state index contributed by atoms with van der Waals surface area (Å²) in [6, 6.07) is 7.06. The summed E-state index contributed by atoms with van der Waals surface area (Å²) in [6.45, 7) is 5.35. The highest BCUT2D eigenvalue weighted by Gasteiger charge is 2.26. The maximum absolute atomic E-state index is 12.7. The van der Waals surface area contributed by atoms with Crippen molar-refractivity contribution in [1.29, 1.82) is 0 Å². The van der Waals surface area contributed by atoms with Crippen LogP contribution in [0.25, 0.3) is 0 Å². The number of amides is 1. The molecular weight excluding hydrogens is 372 g/mol. The molecule has 1 fully saturated rings. The predicted octanol–water partition coefficient (Wildman–Crippen LogP) is 2.77. The molecule has 0 aliphatic carbocycles. The Bertz CT molecular complexity index is 832. The van der Waals surface area contributed by atoms with Crippen LogP contribution in [-0.4, -0.2) is 50.4 Å². The number of furan rings is 1. The molecule has 3 heterocycles. The second kappa shape index (κ2) is 7.80. The van der Waals surface area contributed by atoms with Crippen LogP contribution in [0.4, 0.5) is 0 Å². The van der Waals surface area contributed by atoms with Crippen LogP contribution in [0, 0.1) is 6.92 Å². The third kappa shape index (κ3) is 3.90. The van der Waals surface area contributed by atoms with E-state index in [-0.39, 0.29) is 18.7 Å². The highest BCUT2D eigenvalue weighted by molar-refractivity contribution is 6.32. The number of aryl methyl sites for hydroxylation is 1. The molecule has 1 amide bonds. The summed E-state index contributed by atoms with van der Waals surface area (Å²) in [5.74, 6) is 2.41. The van der Waals surface area contributed by atoms with E-state index in [1.54, 1.807) is 12.1 Å². The number of fused-ring (bicyclic) bond motifs is 1. The molecule has 0 radical (unpaired) electrons. The Morgan fingerprint density at radius 3 is 2.81 bits per heavy atom. The second-order valence-corrected chi connectivity index (χ2v) is 6.92. The van der Waals surface area contributed by atoms with Crippen molar-refractivity contribution in [3.8, 4) is 11.5 Å².